The maximum Gasteiger partial charge on any atom is 0.220 e. The van der Waals surface area contributed by atoms with Gasteiger partial charge in [0.15, 0.2) is 0 Å². The third-order valence-electron chi connectivity index (χ3n) is 2.00. The summed E-state index contributed by atoms with van der Waals surface area (Å²) in [7, 11) is 1.85. The van der Waals surface area contributed by atoms with Gasteiger partial charge in [-0.2, -0.15) is 5.10 Å². The first-order valence-corrected chi connectivity index (χ1v) is 4.67. The van der Waals surface area contributed by atoms with Gasteiger partial charge in [0.25, 0.3) is 0 Å². The van der Waals surface area contributed by atoms with Gasteiger partial charge in [-0.1, -0.05) is 0 Å². The highest BCUT2D eigenvalue weighted by Gasteiger charge is 2.02. The largest absolute Gasteiger partial charge is 0.350 e. The molecule has 0 fully saturated rings. The van der Waals surface area contributed by atoms with Crippen LogP contribution in [0.25, 0.3) is 0 Å². The van der Waals surface area contributed by atoms with Crippen molar-refractivity contribution in [2.45, 2.75) is 19.4 Å². The number of nitrogens with one attached hydrogen (secondary N) is 1. The van der Waals surface area contributed by atoms with Gasteiger partial charge in [0.1, 0.15) is 0 Å². The van der Waals surface area contributed by atoms with Crippen LogP contribution in [0.1, 0.15) is 18.5 Å². The zero-order valence-corrected chi connectivity index (χ0v) is 8.36. The Balaban J connectivity index is 2.27. The van der Waals surface area contributed by atoms with Crippen LogP contribution in [-0.2, 0) is 18.4 Å². The van der Waals surface area contributed by atoms with Crippen LogP contribution in [0.4, 0.5) is 0 Å². The summed E-state index contributed by atoms with van der Waals surface area (Å²) in [5.74, 6) is 0.0386. The zero-order chi connectivity index (χ0) is 10.4. The Bertz CT molecular complexity index is 295. The molecule has 0 aromatic carbocycles. The normalized spacial score (nSPS) is 10.1. The minimum atomic E-state index is 0.0386. The molecule has 78 valence electrons. The molecule has 1 rings (SSSR count). The molecule has 0 saturated heterocycles. The van der Waals surface area contributed by atoms with Crippen LogP contribution in [-0.4, -0.2) is 22.2 Å². The van der Waals surface area contributed by atoms with Gasteiger partial charge >= 0.3 is 0 Å². The van der Waals surface area contributed by atoms with Gasteiger partial charge in [-0.3, -0.25) is 9.48 Å². The minimum Gasteiger partial charge on any atom is -0.350 e. The van der Waals surface area contributed by atoms with E-state index >= 15 is 0 Å². The van der Waals surface area contributed by atoms with Crippen molar-refractivity contribution in [1.29, 1.82) is 0 Å². The van der Waals surface area contributed by atoms with E-state index in [1.807, 2.05) is 13.1 Å². The molecule has 3 N–H and O–H groups in total. The van der Waals surface area contributed by atoms with Crippen molar-refractivity contribution in [3.63, 3.8) is 0 Å². The Kier molecular flexibility index (Phi) is 4.12. The lowest BCUT2D eigenvalue weighted by Crippen LogP contribution is -2.24. The van der Waals surface area contributed by atoms with Gasteiger partial charge < -0.3 is 11.1 Å². The van der Waals surface area contributed by atoms with Crippen molar-refractivity contribution in [1.82, 2.24) is 15.1 Å². The molecule has 0 bridgehead atoms. The molecule has 0 spiro atoms. The summed E-state index contributed by atoms with van der Waals surface area (Å²) in [5, 5.41) is 6.81. The highest BCUT2D eigenvalue weighted by atomic mass is 16.1. The Morgan fingerprint density at radius 3 is 3.07 bits per heavy atom. The smallest absolute Gasteiger partial charge is 0.220 e. The van der Waals surface area contributed by atoms with E-state index in [4.69, 9.17) is 5.73 Å². The van der Waals surface area contributed by atoms with Gasteiger partial charge in [-0.05, 0) is 19.0 Å². The van der Waals surface area contributed by atoms with E-state index in [0.29, 0.717) is 19.5 Å². The Hall–Kier alpha value is -1.36. The molecule has 0 unspecified atom stereocenters. The maximum absolute atomic E-state index is 11.2. The van der Waals surface area contributed by atoms with Crippen LogP contribution < -0.4 is 11.1 Å². The molecule has 1 heterocycles. The third-order valence-corrected chi connectivity index (χ3v) is 2.00. The van der Waals surface area contributed by atoms with Gasteiger partial charge in [0, 0.05) is 19.7 Å². The molecule has 1 amide bonds. The molecular weight excluding hydrogens is 180 g/mol. The monoisotopic (exact) mass is 196 g/mol. The maximum atomic E-state index is 11.2. The molecule has 1 aromatic heterocycles. The Labute approximate surface area is 83.3 Å². The van der Waals surface area contributed by atoms with Crippen LogP contribution in [0.2, 0.25) is 0 Å². The predicted octanol–water partition coefficient (Wildman–Crippen LogP) is -0.225. The first-order valence-electron chi connectivity index (χ1n) is 4.67. The number of aromatic nitrogens is 2. The first-order chi connectivity index (χ1) is 6.74. The molecule has 14 heavy (non-hydrogen) atoms. The summed E-state index contributed by atoms with van der Waals surface area (Å²) in [6.07, 6.45) is 2.94. The van der Waals surface area contributed by atoms with E-state index in [1.165, 1.54) is 0 Å². The van der Waals surface area contributed by atoms with Crippen LogP contribution in [0.5, 0.6) is 0 Å². The number of aryl methyl sites for hydroxylation is 1. The van der Waals surface area contributed by atoms with Gasteiger partial charge in [-0.15, -0.1) is 0 Å². The zero-order valence-electron chi connectivity index (χ0n) is 8.36. The average Bonchev–Trinajstić information content (AvgIpc) is 2.58. The van der Waals surface area contributed by atoms with Crippen molar-refractivity contribution >= 4 is 5.91 Å². The van der Waals surface area contributed by atoms with E-state index < -0.39 is 0 Å². The number of rotatable bonds is 5. The highest BCUT2D eigenvalue weighted by Crippen LogP contribution is 1.95. The summed E-state index contributed by atoms with van der Waals surface area (Å²) < 4.78 is 1.74. The van der Waals surface area contributed by atoms with E-state index in [-0.39, 0.29) is 5.91 Å². The minimum absolute atomic E-state index is 0.0386. The Morgan fingerprint density at radius 1 is 1.71 bits per heavy atom. The van der Waals surface area contributed by atoms with E-state index in [0.717, 1.165) is 12.1 Å². The second kappa shape index (κ2) is 5.39. The summed E-state index contributed by atoms with van der Waals surface area (Å²) in [6.45, 7) is 1.08. The van der Waals surface area contributed by atoms with Crippen molar-refractivity contribution in [3.05, 3.63) is 18.0 Å². The molecule has 0 aliphatic carbocycles. The summed E-state index contributed by atoms with van der Waals surface area (Å²) >= 11 is 0. The fourth-order valence-electron chi connectivity index (χ4n) is 1.11. The average molecular weight is 196 g/mol. The van der Waals surface area contributed by atoms with Gasteiger partial charge in [-0.25, -0.2) is 0 Å². The molecule has 0 aliphatic rings. The summed E-state index contributed by atoms with van der Waals surface area (Å²) in [6, 6.07) is 1.88. The van der Waals surface area contributed by atoms with Crippen LogP contribution in [0.15, 0.2) is 12.3 Å². The number of amides is 1. The topological polar surface area (TPSA) is 72.9 Å². The molecular formula is C9H16N4O. The van der Waals surface area contributed by atoms with E-state index in [2.05, 4.69) is 10.4 Å². The van der Waals surface area contributed by atoms with Crippen LogP contribution >= 0.6 is 0 Å². The Morgan fingerprint density at radius 2 is 2.50 bits per heavy atom. The summed E-state index contributed by atoms with van der Waals surface area (Å²) in [5.41, 5.74) is 6.29. The second-order valence-corrected chi connectivity index (χ2v) is 3.12. The van der Waals surface area contributed by atoms with Crippen molar-refractivity contribution < 1.29 is 4.79 Å². The second-order valence-electron chi connectivity index (χ2n) is 3.12. The predicted molar refractivity (Wildman–Crippen MR) is 53.3 cm³/mol. The summed E-state index contributed by atoms with van der Waals surface area (Å²) in [4.78, 5) is 11.2. The number of carbonyl (C=O) groups is 1. The quantitative estimate of drug-likeness (QED) is 0.683. The van der Waals surface area contributed by atoms with E-state index in [9.17, 15) is 4.79 Å². The molecule has 0 atom stereocenters. The molecule has 0 radical (unpaired) electrons. The molecule has 0 saturated carbocycles. The fourth-order valence-corrected chi connectivity index (χ4v) is 1.11. The van der Waals surface area contributed by atoms with Crippen molar-refractivity contribution in [3.8, 4) is 0 Å². The van der Waals surface area contributed by atoms with Crippen LogP contribution in [0, 0.1) is 0 Å². The van der Waals surface area contributed by atoms with Gasteiger partial charge in [0.05, 0.1) is 12.2 Å². The number of hydrogen-bond acceptors (Lipinski definition) is 3. The standard InChI is InChI=1S/C9H16N4O/c1-13-8(4-6-12-13)7-11-9(14)3-2-5-10/h4,6H,2-3,5,7,10H2,1H3,(H,11,14). The lowest BCUT2D eigenvalue weighted by molar-refractivity contribution is -0.121. The lowest BCUT2D eigenvalue weighted by Gasteiger charge is -2.04. The number of hydrogen-bond donors (Lipinski definition) is 2. The van der Waals surface area contributed by atoms with Gasteiger partial charge in [0.2, 0.25) is 5.91 Å². The van der Waals surface area contributed by atoms with Crippen LogP contribution in [0.3, 0.4) is 0 Å². The number of carbonyl (C=O) groups excluding carboxylic acids is 1. The molecule has 1 aromatic rings. The third kappa shape index (κ3) is 3.18. The molecule has 5 heteroatoms. The SMILES string of the molecule is Cn1nccc1CNC(=O)CCCN. The highest BCUT2D eigenvalue weighted by molar-refractivity contribution is 5.75. The fraction of sp³-hybridized carbons (Fsp3) is 0.556. The molecule has 5 nitrogen and oxygen atoms in total. The van der Waals surface area contributed by atoms with Crippen molar-refractivity contribution in [2.75, 3.05) is 6.54 Å². The first kappa shape index (κ1) is 10.7. The lowest BCUT2D eigenvalue weighted by atomic mass is 10.3. The number of nitrogens with zero attached hydrogens (tertiary/aromatic N) is 2. The van der Waals surface area contributed by atoms with E-state index in [1.54, 1.807) is 10.9 Å². The molecule has 0 aliphatic heterocycles. The van der Waals surface area contributed by atoms with Crippen molar-refractivity contribution in [2.24, 2.45) is 12.8 Å². The number of nitrogens with two attached hydrogens (primary N) is 1.